The highest BCUT2D eigenvalue weighted by molar-refractivity contribution is 5.89. The van der Waals surface area contributed by atoms with Crippen molar-refractivity contribution >= 4 is 11.7 Å². The molecule has 3 rings (SSSR count). The van der Waals surface area contributed by atoms with Gasteiger partial charge in [-0.25, -0.2) is 4.79 Å². The second-order valence-electron chi connectivity index (χ2n) is 6.63. The molecule has 1 aliphatic heterocycles. The van der Waals surface area contributed by atoms with Gasteiger partial charge in [0.2, 0.25) is 0 Å². The number of carbonyl (C=O) groups is 1. The smallest absolute Gasteiger partial charge is 0.322 e. The van der Waals surface area contributed by atoms with Crippen LogP contribution in [0, 0.1) is 6.92 Å². The summed E-state index contributed by atoms with van der Waals surface area (Å²) in [7, 11) is 1.67. The molecule has 1 fully saturated rings. The highest BCUT2D eigenvalue weighted by atomic mass is 16.5. The molecule has 2 amide bonds. The van der Waals surface area contributed by atoms with E-state index in [2.05, 4.69) is 17.4 Å². The molecule has 25 heavy (non-hydrogen) atoms. The fourth-order valence-corrected chi connectivity index (χ4v) is 3.44. The maximum atomic E-state index is 12.9. The number of nitrogens with one attached hydrogen (secondary N) is 1. The second kappa shape index (κ2) is 8.06. The van der Waals surface area contributed by atoms with Crippen LogP contribution in [-0.2, 0) is 0 Å². The summed E-state index contributed by atoms with van der Waals surface area (Å²) in [5.74, 6) is 0.841. The third-order valence-electron chi connectivity index (χ3n) is 4.78. The van der Waals surface area contributed by atoms with Gasteiger partial charge in [-0.15, -0.1) is 0 Å². The zero-order valence-electron chi connectivity index (χ0n) is 15.0. The molecule has 1 saturated heterocycles. The normalized spacial score (nSPS) is 17.7. The first-order valence-electron chi connectivity index (χ1n) is 8.95. The number of hydrogen-bond acceptors (Lipinski definition) is 2. The largest absolute Gasteiger partial charge is 0.497 e. The summed E-state index contributed by atoms with van der Waals surface area (Å²) in [6.45, 7) is 2.82. The van der Waals surface area contributed by atoms with Crippen molar-refractivity contribution in [2.45, 2.75) is 38.6 Å². The topological polar surface area (TPSA) is 41.6 Å². The van der Waals surface area contributed by atoms with Crippen molar-refractivity contribution in [1.29, 1.82) is 0 Å². The number of methoxy groups -OCH3 is 1. The monoisotopic (exact) mass is 338 g/mol. The Kier molecular flexibility index (Phi) is 5.59. The number of urea groups is 1. The summed E-state index contributed by atoms with van der Waals surface area (Å²) in [5.41, 5.74) is 3.16. The molecule has 0 aliphatic carbocycles. The number of hydrogen-bond donors (Lipinski definition) is 1. The van der Waals surface area contributed by atoms with Crippen molar-refractivity contribution < 1.29 is 9.53 Å². The van der Waals surface area contributed by atoms with Crippen LogP contribution in [0.3, 0.4) is 0 Å². The molecule has 2 aromatic rings. The third-order valence-corrected chi connectivity index (χ3v) is 4.78. The molecule has 0 aromatic heterocycles. The fraction of sp³-hybridized carbons (Fsp3) is 0.381. The lowest BCUT2D eigenvalue weighted by Gasteiger charge is -2.30. The van der Waals surface area contributed by atoms with Gasteiger partial charge in [0.1, 0.15) is 5.75 Å². The second-order valence-corrected chi connectivity index (χ2v) is 6.63. The van der Waals surface area contributed by atoms with Gasteiger partial charge in [0.15, 0.2) is 0 Å². The van der Waals surface area contributed by atoms with E-state index in [1.165, 1.54) is 12.0 Å². The molecule has 0 radical (unpaired) electrons. The lowest BCUT2D eigenvalue weighted by molar-refractivity contribution is 0.189. The summed E-state index contributed by atoms with van der Waals surface area (Å²) >= 11 is 0. The molecule has 0 saturated carbocycles. The molecule has 0 bridgehead atoms. The van der Waals surface area contributed by atoms with Crippen LogP contribution in [0.1, 0.15) is 42.9 Å². The zero-order chi connectivity index (χ0) is 17.6. The number of nitrogens with zero attached hydrogens (tertiary/aromatic N) is 1. The van der Waals surface area contributed by atoms with Crippen LogP contribution in [0.4, 0.5) is 10.5 Å². The molecule has 0 spiro atoms. The minimum Gasteiger partial charge on any atom is -0.497 e. The van der Waals surface area contributed by atoms with Crippen molar-refractivity contribution in [2.24, 2.45) is 0 Å². The molecule has 1 N–H and O–H groups in total. The van der Waals surface area contributed by atoms with E-state index in [4.69, 9.17) is 4.74 Å². The van der Waals surface area contributed by atoms with E-state index in [1.54, 1.807) is 7.11 Å². The highest BCUT2D eigenvalue weighted by Gasteiger charge is 2.26. The number of ether oxygens (including phenoxy) is 1. The number of aryl methyl sites for hydroxylation is 1. The van der Waals surface area contributed by atoms with Crippen molar-refractivity contribution in [3.63, 3.8) is 0 Å². The van der Waals surface area contributed by atoms with E-state index < -0.39 is 0 Å². The molecule has 1 heterocycles. The minimum absolute atomic E-state index is 0.0201. The van der Waals surface area contributed by atoms with Gasteiger partial charge in [-0.05, 0) is 55.2 Å². The van der Waals surface area contributed by atoms with E-state index in [9.17, 15) is 4.79 Å². The van der Waals surface area contributed by atoms with Crippen LogP contribution in [0.2, 0.25) is 0 Å². The minimum atomic E-state index is -0.0201. The fourth-order valence-electron chi connectivity index (χ4n) is 3.44. The average Bonchev–Trinajstić information content (AvgIpc) is 2.88. The van der Waals surface area contributed by atoms with Gasteiger partial charge in [0.05, 0.1) is 13.2 Å². The van der Waals surface area contributed by atoms with E-state index in [0.717, 1.165) is 42.8 Å². The first kappa shape index (κ1) is 17.3. The Labute approximate surface area is 149 Å². The number of amides is 2. The van der Waals surface area contributed by atoms with Gasteiger partial charge >= 0.3 is 6.03 Å². The molecular weight excluding hydrogens is 312 g/mol. The van der Waals surface area contributed by atoms with E-state index in [0.29, 0.717) is 0 Å². The zero-order valence-corrected chi connectivity index (χ0v) is 15.0. The van der Waals surface area contributed by atoms with E-state index in [1.807, 2.05) is 48.2 Å². The van der Waals surface area contributed by atoms with Crippen molar-refractivity contribution in [3.8, 4) is 5.75 Å². The lowest BCUT2D eigenvalue weighted by Crippen LogP contribution is -2.38. The molecule has 4 heteroatoms. The quantitative estimate of drug-likeness (QED) is 0.840. The number of likely N-dealkylation sites (tertiary alicyclic amines) is 1. The summed E-state index contributed by atoms with van der Waals surface area (Å²) in [4.78, 5) is 14.9. The third kappa shape index (κ3) is 4.32. The Balaban J connectivity index is 1.80. The maximum Gasteiger partial charge on any atom is 0.322 e. The number of anilines is 1. The Morgan fingerprint density at radius 2 is 1.92 bits per heavy atom. The van der Waals surface area contributed by atoms with Crippen molar-refractivity contribution in [2.75, 3.05) is 19.0 Å². The van der Waals surface area contributed by atoms with E-state index in [-0.39, 0.29) is 12.1 Å². The maximum absolute atomic E-state index is 12.9. The molecule has 1 unspecified atom stereocenters. The van der Waals surface area contributed by atoms with Gasteiger partial charge in [-0.1, -0.05) is 37.1 Å². The Morgan fingerprint density at radius 1 is 1.12 bits per heavy atom. The first-order valence-corrected chi connectivity index (χ1v) is 8.95. The van der Waals surface area contributed by atoms with E-state index >= 15 is 0 Å². The van der Waals surface area contributed by atoms with Gasteiger partial charge in [0, 0.05) is 12.2 Å². The molecule has 1 atom stereocenters. The Bertz CT molecular complexity index is 712. The molecule has 132 valence electrons. The predicted octanol–water partition coefficient (Wildman–Crippen LogP) is 5.15. The summed E-state index contributed by atoms with van der Waals surface area (Å²) in [6, 6.07) is 16.1. The summed E-state index contributed by atoms with van der Waals surface area (Å²) in [5, 5.41) is 3.06. The van der Waals surface area contributed by atoms with Crippen LogP contribution in [0.25, 0.3) is 0 Å². The SMILES string of the molecule is COc1ccc(C2CCCCCN2C(=O)Nc2cccc(C)c2)cc1. The van der Waals surface area contributed by atoms with Crippen LogP contribution >= 0.6 is 0 Å². The van der Waals surface area contributed by atoms with Gasteiger partial charge < -0.3 is 15.0 Å². The molecule has 2 aromatic carbocycles. The molecule has 1 aliphatic rings. The van der Waals surface area contributed by atoms with Crippen LogP contribution in [-0.4, -0.2) is 24.6 Å². The molecular formula is C21H26N2O2. The average molecular weight is 338 g/mol. The Hall–Kier alpha value is -2.49. The van der Waals surface area contributed by atoms with Gasteiger partial charge in [-0.2, -0.15) is 0 Å². The van der Waals surface area contributed by atoms with Gasteiger partial charge in [-0.3, -0.25) is 0 Å². The Morgan fingerprint density at radius 3 is 2.64 bits per heavy atom. The van der Waals surface area contributed by atoms with Crippen LogP contribution in [0.15, 0.2) is 48.5 Å². The van der Waals surface area contributed by atoms with Crippen molar-refractivity contribution in [3.05, 3.63) is 59.7 Å². The molecule has 4 nitrogen and oxygen atoms in total. The standard InChI is InChI=1S/C21H26N2O2/c1-16-7-6-8-18(15-16)22-21(24)23-14-5-3-4-9-20(23)17-10-12-19(25-2)13-11-17/h6-8,10-13,15,20H,3-5,9,14H2,1-2H3,(H,22,24). The number of benzene rings is 2. The highest BCUT2D eigenvalue weighted by Crippen LogP contribution is 2.31. The van der Waals surface area contributed by atoms with Gasteiger partial charge in [0.25, 0.3) is 0 Å². The predicted molar refractivity (Wildman–Crippen MR) is 101 cm³/mol. The number of rotatable bonds is 3. The van der Waals surface area contributed by atoms with Crippen molar-refractivity contribution in [1.82, 2.24) is 4.90 Å². The first-order chi connectivity index (χ1) is 12.2. The van der Waals surface area contributed by atoms with Crippen LogP contribution < -0.4 is 10.1 Å². The summed E-state index contributed by atoms with van der Waals surface area (Å²) < 4.78 is 5.25. The lowest BCUT2D eigenvalue weighted by atomic mass is 10.0. The van der Waals surface area contributed by atoms with Crippen LogP contribution in [0.5, 0.6) is 5.75 Å². The number of carbonyl (C=O) groups excluding carboxylic acids is 1. The summed E-state index contributed by atoms with van der Waals surface area (Å²) in [6.07, 6.45) is 4.35.